The molecule has 0 aliphatic carbocycles. The Kier molecular flexibility index (Phi) is 4.03. The molecular formula is C17H19O. The molecule has 0 aliphatic heterocycles. The Bertz CT molecular complexity index is 497. The topological polar surface area (TPSA) is 9.23 Å². The Morgan fingerprint density at radius 1 is 0.944 bits per heavy atom. The monoisotopic (exact) mass is 239 g/mol. The summed E-state index contributed by atoms with van der Waals surface area (Å²) in [6, 6.07) is 16.9. The summed E-state index contributed by atoms with van der Waals surface area (Å²) in [6.07, 6.45) is 0.964. The minimum atomic E-state index is 0.908. The Morgan fingerprint density at radius 3 is 2.22 bits per heavy atom. The molecule has 0 N–H and O–H groups in total. The fourth-order valence-electron chi connectivity index (χ4n) is 2.13. The summed E-state index contributed by atoms with van der Waals surface area (Å²) < 4.78 is 5.18. The highest BCUT2D eigenvalue weighted by molar-refractivity contribution is 5.40. The van der Waals surface area contributed by atoms with Crippen LogP contribution in [0.5, 0.6) is 5.75 Å². The smallest absolute Gasteiger partial charge is 0.118 e. The van der Waals surface area contributed by atoms with Gasteiger partial charge in [0.2, 0.25) is 0 Å². The maximum atomic E-state index is 5.18. The highest BCUT2D eigenvalue weighted by Gasteiger charge is 2.06. The van der Waals surface area contributed by atoms with Crippen molar-refractivity contribution < 1.29 is 4.74 Å². The molecule has 2 aromatic rings. The molecule has 0 saturated carbocycles. The number of hydrogen-bond acceptors (Lipinski definition) is 1. The Hall–Kier alpha value is -1.76. The molecule has 1 nitrogen and oxygen atoms in total. The van der Waals surface area contributed by atoms with Crippen molar-refractivity contribution in [2.45, 2.75) is 20.3 Å². The molecule has 2 aromatic carbocycles. The fourth-order valence-corrected chi connectivity index (χ4v) is 2.13. The van der Waals surface area contributed by atoms with E-state index in [1.165, 1.54) is 22.6 Å². The third kappa shape index (κ3) is 2.92. The van der Waals surface area contributed by atoms with Crippen molar-refractivity contribution in [1.29, 1.82) is 0 Å². The van der Waals surface area contributed by atoms with Crippen molar-refractivity contribution >= 4 is 0 Å². The van der Waals surface area contributed by atoms with E-state index in [4.69, 9.17) is 4.74 Å². The van der Waals surface area contributed by atoms with Crippen LogP contribution in [0.1, 0.15) is 30.5 Å². The largest absolute Gasteiger partial charge is 0.497 e. The lowest BCUT2D eigenvalue weighted by Crippen LogP contribution is -1.97. The molecule has 0 aromatic heterocycles. The van der Waals surface area contributed by atoms with E-state index in [9.17, 15) is 0 Å². The third-order valence-corrected chi connectivity index (χ3v) is 3.11. The van der Waals surface area contributed by atoms with Gasteiger partial charge in [-0.15, -0.1) is 0 Å². The van der Waals surface area contributed by atoms with Crippen LogP contribution in [-0.2, 0) is 6.42 Å². The van der Waals surface area contributed by atoms with Crippen molar-refractivity contribution in [3.63, 3.8) is 0 Å². The van der Waals surface area contributed by atoms with Gasteiger partial charge >= 0.3 is 0 Å². The van der Waals surface area contributed by atoms with Crippen molar-refractivity contribution in [2.24, 2.45) is 0 Å². The van der Waals surface area contributed by atoms with E-state index in [2.05, 4.69) is 50.2 Å². The first kappa shape index (κ1) is 12.7. The van der Waals surface area contributed by atoms with Crippen LogP contribution in [-0.4, -0.2) is 7.11 Å². The van der Waals surface area contributed by atoms with Crippen LogP contribution in [0.4, 0.5) is 0 Å². The van der Waals surface area contributed by atoms with Gasteiger partial charge in [0.1, 0.15) is 5.75 Å². The SMILES string of the molecule is COc1ccc(Cc2ccccc2[C](C)C)cc1. The molecule has 0 amide bonds. The van der Waals surface area contributed by atoms with Gasteiger partial charge < -0.3 is 4.74 Å². The molecule has 93 valence electrons. The number of hydrogen-bond donors (Lipinski definition) is 0. The van der Waals surface area contributed by atoms with E-state index in [1.807, 2.05) is 12.1 Å². The Morgan fingerprint density at radius 2 is 1.61 bits per heavy atom. The number of methoxy groups -OCH3 is 1. The van der Waals surface area contributed by atoms with E-state index in [1.54, 1.807) is 7.11 Å². The molecule has 18 heavy (non-hydrogen) atoms. The average molecular weight is 239 g/mol. The summed E-state index contributed by atoms with van der Waals surface area (Å²) in [5, 5.41) is 0. The van der Waals surface area contributed by atoms with Crippen molar-refractivity contribution in [1.82, 2.24) is 0 Å². The minimum absolute atomic E-state index is 0.908. The van der Waals surface area contributed by atoms with E-state index in [0.717, 1.165) is 12.2 Å². The maximum Gasteiger partial charge on any atom is 0.118 e. The first-order valence-electron chi connectivity index (χ1n) is 6.22. The summed E-state index contributed by atoms with van der Waals surface area (Å²) in [7, 11) is 1.69. The lowest BCUT2D eigenvalue weighted by atomic mass is 9.93. The predicted octanol–water partition coefficient (Wildman–Crippen LogP) is 4.25. The van der Waals surface area contributed by atoms with Gasteiger partial charge in [0, 0.05) is 0 Å². The first-order valence-corrected chi connectivity index (χ1v) is 6.22. The first-order chi connectivity index (χ1) is 8.70. The van der Waals surface area contributed by atoms with Crippen LogP contribution in [0, 0.1) is 5.92 Å². The fraction of sp³-hybridized carbons (Fsp3) is 0.235. The summed E-state index contributed by atoms with van der Waals surface area (Å²) in [5.74, 6) is 2.27. The number of benzene rings is 2. The Labute approximate surface area is 109 Å². The van der Waals surface area contributed by atoms with Gasteiger partial charge in [0.15, 0.2) is 0 Å². The molecule has 2 rings (SSSR count). The standard InChI is InChI=1S/C17H19O/c1-13(2)17-7-5-4-6-15(17)12-14-8-10-16(18-3)11-9-14/h4-11H,12H2,1-3H3. The van der Waals surface area contributed by atoms with E-state index >= 15 is 0 Å². The molecule has 0 atom stereocenters. The highest BCUT2D eigenvalue weighted by atomic mass is 16.5. The van der Waals surface area contributed by atoms with E-state index in [-0.39, 0.29) is 0 Å². The van der Waals surface area contributed by atoms with Crippen LogP contribution in [0.3, 0.4) is 0 Å². The van der Waals surface area contributed by atoms with Gasteiger partial charge in [-0.2, -0.15) is 0 Å². The second kappa shape index (κ2) is 5.72. The second-order valence-electron chi connectivity index (χ2n) is 4.68. The minimum Gasteiger partial charge on any atom is -0.497 e. The van der Waals surface area contributed by atoms with E-state index in [0.29, 0.717) is 0 Å². The molecular weight excluding hydrogens is 220 g/mol. The number of ether oxygens (including phenoxy) is 1. The zero-order chi connectivity index (χ0) is 13.0. The van der Waals surface area contributed by atoms with Crippen LogP contribution in [0.25, 0.3) is 0 Å². The van der Waals surface area contributed by atoms with Crippen molar-refractivity contribution in [2.75, 3.05) is 7.11 Å². The second-order valence-corrected chi connectivity index (χ2v) is 4.68. The summed E-state index contributed by atoms with van der Waals surface area (Å²) in [5.41, 5.74) is 4.04. The maximum absolute atomic E-state index is 5.18. The molecule has 0 fully saturated rings. The molecule has 0 spiro atoms. The third-order valence-electron chi connectivity index (χ3n) is 3.11. The molecule has 0 unspecified atom stereocenters. The normalized spacial score (nSPS) is 10.7. The molecule has 1 radical (unpaired) electrons. The van der Waals surface area contributed by atoms with Gasteiger partial charge in [-0.05, 0) is 41.2 Å². The van der Waals surface area contributed by atoms with E-state index < -0.39 is 0 Å². The van der Waals surface area contributed by atoms with Crippen molar-refractivity contribution in [3.8, 4) is 5.75 Å². The van der Waals surface area contributed by atoms with Gasteiger partial charge in [0.25, 0.3) is 0 Å². The van der Waals surface area contributed by atoms with Gasteiger partial charge in [-0.25, -0.2) is 0 Å². The molecule has 0 heterocycles. The quantitative estimate of drug-likeness (QED) is 0.775. The predicted molar refractivity (Wildman–Crippen MR) is 75.9 cm³/mol. The van der Waals surface area contributed by atoms with Gasteiger partial charge in [0.05, 0.1) is 7.11 Å². The highest BCUT2D eigenvalue weighted by Crippen LogP contribution is 2.22. The molecule has 0 aliphatic rings. The van der Waals surface area contributed by atoms with Crippen LogP contribution < -0.4 is 4.74 Å². The zero-order valence-electron chi connectivity index (χ0n) is 11.2. The summed E-state index contributed by atoms with van der Waals surface area (Å²) >= 11 is 0. The summed E-state index contributed by atoms with van der Waals surface area (Å²) in [4.78, 5) is 0. The van der Waals surface area contributed by atoms with Gasteiger partial charge in [-0.3, -0.25) is 0 Å². The number of rotatable bonds is 4. The average Bonchev–Trinajstić information content (AvgIpc) is 2.40. The molecule has 0 saturated heterocycles. The van der Waals surface area contributed by atoms with Crippen LogP contribution in [0.2, 0.25) is 0 Å². The lowest BCUT2D eigenvalue weighted by Gasteiger charge is -2.12. The Balaban J connectivity index is 2.22. The van der Waals surface area contributed by atoms with Gasteiger partial charge in [-0.1, -0.05) is 50.2 Å². The van der Waals surface area contributed by atoms with Crippen molar-refractivity contribution in [3.05, 3.63) is 71.1 Å². The molecule has 1 heteroatoms. The van der Waals surface area contributed by atoms with Crippen LogP contribution in [0.15, 0.2) is 48.5 Å². The van der Waals surface area contributed by atoms with Crippen LogP contribution >= 0.6 is 0 Å². The zero-order valence-corrected chi connectivity index (χ0v) is 11.2. The lowest BCUT2D eigenvalue weighted by molar-refractivity contribution is 0.414. The summed E-state index contributed by atoms with van der Waals surface area (Å²) in [6.45, 7) is 4.32. The molecule has 0 bridgehead atoms.